The van der Waals surface area contributed by atoms with Gasteiger partial charge in [0, 0.05) is 14.4 Å². The van der Waals surface area contributed by atoms with E-state index in [0.717, 1.165) is 6.54 Å². The summed E-state index contributed by atoms with van der Waals surface area (Å²) in [6.45, 7) is 6.72. The molecule has 0 N–H and O–H groups in total. The highest BCUT2D eigenvalue weighted by Gasteiger charge is 2.09. The second kappa shape index (κ2) is 5.09. The van der Waals surface area contributed by atoms with Gasteiger partial charge in [0.15, 0.2) is 5.78 Å². The first-order chi connectivity index (χ1) is 5.83. The number of hydrogen-bond donors (Lipinski definition) is 0. The molecule has 1 aliphatic rings. The molecule has 0 atom stereocenters. The van der Waals surface area contributed by atoms with E-state index in [0.29, 0.717) is 6.42 Å². The average Bonchev–Trinajstić information content (AvgIpc) is 2.16. The van der Waals surface area contributed by atoms with Crippen LogP contribution in [-0.2, 0) is 4.79 Å². The third-order valence-corrected chi connectivity index (χ3v) is 2.35. The Bertz CT molecular complexity index is 164. The summed E-state index contributed by atoms with van der Waals surface area (Å²) in [5.41, 5.74) is 0. The molecule has 0 bridgehead atoms. The van der Waals surface area contributed by atoms with Gasteiger partial charge in [0.1, 0.15) is 0 Å². The molecule has 1 aliphatic heterocycles. The van der Waals surface area contributed by atoms with Crippen LogP contribution >= 0.6 is 0 Å². The molecule has 0 unspecified atom stereocenters. The zero-order valence-electron chi connectivity index (χ0n) is 7.59. The van der Waals surface area contributed by atoms with Gasteiger partial charge in [-0.3, -0.25) is 4.79 Å². The van der Waals surface area contributed by atoms with Crippen LogP contribution < -0.4 is 0 Å². The Hall–Kier alpha value is -0.630. The van der Waals surface area contributed by atoms with E-state index in [2.05, 4.69) is 11.5 Å². The minimum absolute atomic E-state index is 0. The highest BCUT2D eigenvalue weighted by atomic mass is 16.1. The number of ketones is 1. The van der Waals surface area contributed by atoms with E-state index in [-0.39, 0.29) is 7.21 Å². The molecule has 0 aromatic carbocycles. The fraction of sp³-hybridized carbons (Fsp3) is 0.700. The van der Waals surface area contributed by atoms with Crippen LogP contribution in [0.15, 0.2) is 12.7 Å². The first-order valence-electron chi connectivity index (χ1n) is 4.70. The molecule has 0 aromatic heterocycles. The van der Waals surface area contributed by atoms with E-state index in [1.165, 1.54) is 38.4 Å². The number of hydrogen-bond acceptors (Lipinski definition) is 2. The Kier molecular flexibility index (Phi) is 4.01. The van der Waals surface area contributed by atoms with Gasteiger partial charge in [0.25, 0.3) is 0 Å². The van der Waals surface area contributed by atoms with Crippen molar-refractivity contribution in [3.05, 3.63) is 12.7 Å². The number of piperidine rings is 1. The summed E-state index contributed by atoms with van der Waals surface area (Å²) >= 11 is 0. The molecular formula is C10H19NO. The number of nitrogens with zero attached hydrogens (tertiary/aromatic N) is 1. The van der Waals surface area contributed by atoms with Crippen LogP contribution in [0.4, 0.5) is 0 Å². The number of rotatable bonds is 4. The van der Waals surface area contributed by atoms with Crippen LogP contribution in [0.3, 0.4) is 0 Å². The Labute approximate surface area is 75.7 Å². The van der Waals surface area contributed by atoms with Crippen LogP contribution in [0.25, 0.3) is 0 Å². The second-order valence-electron chi connectivity index (χ2n) is 3.32. The summed E-state index contributed by atoms with van der Waals surface area (Å²) in [5.74, 6) is 0.167. The van der Waals surface area contributed by atoms with Gasteiger partial charge in [-0.15, -0.1) is 0 Å². The lowest BCUT2D eigenvalue weighted by atomic mass is 10.1. The lowest BCUT2D eigenvalue weighted by Gasteiger charge is -2.25. The molecule has 12 heavy (non-hydrogen) atoms. The fourth-order valence-corrected chi connectivity index (χ4v) is 1.55. The maximum atomic E-state index is 10.9. The molecule has 0 aliphatic carbocycles. The number of carbonyl (C=O) groups is 1. The minimum Gasteiger partial charge on any atom is -0.303 e. The minimum atomic E-state index is 0. The molecule has 2 heteroatoms. The van der Waals surface area contributed by atoms with Gasteiger partial charge < -0.3 is 4.90 Å². The van der Waals surface area contributed by atoms with E-state index < -0.39 is 0 Å². The summed E-state index contributed by atoms with van der Waals surface area (Å²) in [5, 5.41) is 0. The van der Waals surface area contributed by atoms with Crippen molar-refractivity contribution in [2.75, 3.05) is 19.6 Å². The molecular weight excluding hydrogens is 150 g/mol. The first-order valence-corrected chi connectivity index (χ1v) is 4.70. The molecule has 70 valence electrons. The Balaban J connectivity index is 0.00000144. The molecule has 1 saturated heterocycles. The highest BCUT2D eigenvalue weighted by molar-refractivity contribution is 5.89. The van der Waals surface area contributed by atoms with Gasteiger partial charge in [-0.1, -0.05) is 13.0 Å². The maximum absolute atomic E-state index is 10.9. The maximum Gasteiger partial charge on any atom is 0.156 e. The van der Waals surface area contributed by atoms with Crippen LogP contribution in [0, 0.1) is 0 Å². The van der Waals surface area contributed by atoms with E-state index in [1.807, 2.05) is 0 Å². The predicted octanol–water partition coefficient (Wildman–Crippen LogP) is 1.86. The van der Waals surface area contributed by atoms with Crippen molar-refractivity contribution in [2.24, 2.45) is 0 Å². The van der Waals surface area contributed by atoms with Crippen molar-refractivity contribution in [3.8, 4) is 0 Å². The lowest BCUT2D eigenvalue weighted by molar-refractivity contribution is -0.114. The molecule has 1 fully saturated rings. The average molecular weight is 169 g/mol. The quantitative estimate of drug-likeness (QED) is 0.599. The predicted molar refractivity (Wildman–Crippen MR) is 52.2 cm³/mol. The fourth-order valence-electron chi connectivity index (χ4n) is 1.55. The number of carbonyl (C=O) groups excluding carboxylic acids is 1. The Morgan fingerprint density at radius 1 is 1.42 bits per heavy atom. The Morgan fingerprint density at radius 3 is 2.67 bits per heavy atom. The normalized spacial score (nSPS) is 19.0. The molecule has 0 amide bonds. The topological polar surface area (TPSA) is 20.3 Å². The van der Waals surface area contributed by atoms with Gasteiger partial charge in [0.05, 0.1) is 0 Å². The summed E-state index contributed by atoms with van der Waals surface area (Å²) in [4.78, 5) is 13.3. The van der Waals surface area contributed by atoms with Crippen LogP contribution in [0.2, 0.25) is 0 Å². The molecule has 0 spiro atoms. The van der Waals surface area contributed by atoms with E-state index in [9.17, 15) is 4.79 Å². The van der Waals surface area contributed by atoms with E-state index in [4.69, 9.17) is 0 Å². The summed E-state index contributed by atoms with van der Waals surface area (Å²) < 4.78 is 0. The van der Waals surface area contributed by atoms with Gasteiger partial charge in [-0.25, -0.2) is 0 Å². The molecule has 1 rings (SSSR count). The van der Waals surface area contributed by atoms with Gasteiger partial charge in [-0.05, 0) is 32.0 Å². The smallest absolute Gasteiger partial charge is 0.156 e. The first kappa shape index (κ1) is 9.46. The van der Waals surface area contributed by atoms with Gasteiger partial charge in [-0.2, -0.15) is 0 Å². The zero-order valence-corrected chi connectivity index (χ0v) is 7.59. The molecule has 0 saturated carbocycles. The van der Waals surface area contributed by atoms with Crippen molar-refractivity contribution in [1.29, 1.82) is 0 Å². The summed E-state index contributed by atoms with van der Waals surface area (Å²) in [7, 11) is 0. The van der Waals surface area contributed by atoms with Crippen molar-refractivity contribution >= 4 is 5.78 Å². The standard InChI is InChI=1S/C10H17NO.H2/c1-2-10(12)6-9-11-7-4-3-5-8-11;/h2H,1,3-9H2;1H. The van der Waals surface area contributed by atoms with Crippen molar-refractivity contribution < 1.29 is 6.22 Å². The summed E-state index contributed by atoms with van der Waals surface area (Å²) in [6.07, 6.45) is 6.00. The zero-order chi connectivity index (χ0) is 8.81. The van der Waals surface area contributed by atoms with E-state index >= 15 is 0 Å². The van der Waals surface area contributed by atoms with Crippen molar-refractivity contribution in [1.82, 2.24) is 4.90 Å². The van der Waals surface area contributed by atoms with E-state index in [1.54, 1.807) is 0 Å². The van der Waals surface area contributed by atoms with Gasteiger partial charge in [0.2, 0.25) is 0 Å². The molecule has 1 heterocycles. The summed E-state index contributed by atoms with van der Waals surface area (Å²) in [6, 6.07) is 0. The van der Waals surface area contributed by atoms with Crippen LogP contribution in [0.1, 0.15) is 27.1 Å². The monoisotopic (exact) mass is 169 g/mol. The largest absolute Gasteiger partial charge is 0.303 e. The SMILES string of the molecule is C=CC(=O)CCN1CCCCC1.[HH]. The van der Waals surface area contributed by atoms with Crippen molar-refractivity contribution in [3.63, 3.8) is 0 Å². The number of allylic oxidation sites excluding steroid dienone is 1. The second-order valence-corrected chi connectivity index (χ2v) is 3.32. The molecule has 0 aromatic rings. The molecule has 0 radical (unpaired) electrons. The van der Waals surface area contributed by atoms with Crippen LogP contribution in [-0.4, -0.2) is 30.3 Å². The lowest BCUT2D eigenvalue weighted by Crippen LogP contribution is -2.31. The van der Waals surface area contributed by atoms with Crippen molar-refractivity contribution in [2.45, 2.75) is 25.7 Å². The molecule has 2 nitrogen and oxygen atoms in total. The third kappa shape index (κ3) is 3.18. The number of likely N-dealkylation sites (tertiary alicyclic amines) is 1. The Morgan fingerprint density at radius 2 is 2.08 bits per heavy atom. The third-order valence-electron chi connectivity index (χ3n) is 2.35. The highest BCUT2D eigenvalue weighted by Crippen LogP contribution is 2.08. The van der Waals surface area contributed by atoms with Gasteiger partial charge >= 0.3 is 0 Å². The van der Waals surface area contributed by atoms with Crippen LogP contribution in [0.5, 0.6) is 0 Å².